The predicted octanol–water partition coefficient (Wildman–Crippen LogP) is -0.326. The van der Waals surface area contributed by atoms with Gasteiger partial charge in [0.25, 0.3) is 11.5 Å². The molecule has 1 aromatic heterocycles. The Labute approximate surface area is 160 Å². The number of esters is 1. The molecule has 0 spiro atoms. The van der Waals surface area contributed by atoms with Crippen molar-refractivity contribution in [1.29, 1.82) is 0 Å². The van der Waals surface area contributed by atoms with Gasteiger partial charge in [0.1, 0.15) is 24.7 Å². The molecule has 1 aromatic carbocycles. The Bertz CT molecular complexity index is 902. The number of nitrogens with zero attached hydrogens (tertiary/aromatic N) is 1. The van der Waals surface area contributed by atoms with Crippen LogP contribution < -0.4 is 26.0 Å². The van der Waals surface area contributed by atoms with Crippen molar-refractivity contribution in [3.05, 3.63) is 57.4 Å². The third-order valence-corrected chi connectivity index (χ3v) is 3.39. The fraction of sp³-hybridized carbons (Fsp3) is 0.333. The van der Waals surface area contributed by atoms with Crippen LogP contribution in [0.15, 0.2) is 46.1 Å². The second-order valence-corrected chi connectivity index (χ2v) is 5.50. The maximum Gasteiger partial charge on any atom is 0.328 e. The minimum Gasteiger partial charge on any atom is -0.494 e. The van der Waals surface area contributed by atoms with Crippen molar-refractivity contribution in [2.24, 2.45) is 0 Å². The summed E-state index contributed by atoms with van der Waals surface area (Å²) in [5.74, 6) is 0.0944. The molecular weight excluding hydrogens is 370 g/mol. The number of hydrogen-bond donors (Lipinski definition) is 2. The van der Waals surface area contributed by atoms with E-state index in [1.165, 1.54) is 6.20 Å². The van der Waals surface area contributed by atoms with Gasteiger partial charge in [0.2, 0.25) is 0 Å². The summed E-state index contributed by atoms with van der Waals surface area (Å²) in [6, 6.07) is 8.18. The number of carbonyl (C=O) groups is 2. The summed E-state index contributed by atoms with van der Waals surface area (Å²) in [5, 5.41) is 2.54. The molecule has 0 aliphatic heterocycles. The van der Waals surface area contributed by atoms with Crippen molar-refractivity contribution in [3.63, 3.8) is 0 Å². The summed E-state index contributed by atoms with van der Waals surface area (Å²) in [6.45, 7) is 2.04. The zero-order chi connectivity index (χ0) is 20.4. The van der Waals surface area contributed by atoms with Crippen LogP contribution in [-0.4, -0.2) is 47.8 Å². The van der Waals surface area contributed by atoms with E-state index >= 15 is 0 Å². The topological polar surface area (TPSA) is 129 Å². The SMILES string of the molecule is CCOc1ccc(OCCNC(=O)COC(=O)Cn2ccc(=O)[nH]c2=O)cc1. The van der Waals surface area contributed by atoms with Gasteiger partial charge in [0, 0.05) is 12.3 Å². The normalized spacial score (nSPS) is 10.2. The van der Waals surface area contributed by atoms with Gasteiger partial charge in [-0.25, -0.2) is 4.79 Å². The van der Waals surface area contributed by atoms with Crippen molar-refractivity contribution in [2.75, 3.05) is 26.4 Å². The molecule has 0 bridgehead atoms. The third kappa shape index (κ3) is 6.98. The summed E-state index contributed by atoms with van der Waals surface area (Å²) in [6.07, 6.45) is 1.17. The lowest BCUT2D eigenvalue weighted by Crippen LogP contribution is -2.34. The number of carbonyl (C=O) groups excluding carboxylic acids is 2. The molecule has 10 heteroatoms. The van der Waals surface area contributed by atoms with E-state index in [-0.39, 0.29) is 13.2 Å². The van der Waals surface area contributed by atoms with Crippen LogP contribution in [0.4, 0.5) is 0 Å². The van der Waals surface area contributed by atoms with Crippen LogP contribution in [0.25, 0.3) is 0 Å². The Kier molecular flexibility index (Phi) is 7.82. The maximum atomic E-state index is 11.7. The highest BCUT2D eigenvalue weighted by Gasteiger charge is 2.09. The monoisotopic (exact) mass is 391 g/mol. The molecule has 0 saturated heterocycles. The number of ether oxygens (including phenoxy) is 3. The van der Waals surface area contributed by atoms with Crippen LogP contribution in [0.5, 0.6) is 11.5 Å². The summed E-state index contributed by atoms with van der Waals surface area (Å²) in [7, 11) is 0. The first kappa shape index (κ1) is 20.7. The van der Waals surface area contributed by atoms with E-state index in [0.717, 1.165) is 16.4 Å². The second kappa shape index (κ2) is 10.6. The number of benzene rings is 1. The quantitative estimate of drug-likeness (QED) is 0.419. The predicted molar refractivity (Wildman–Crippen MR) is 98.4 cm³/mol. The largest absolute Gasteiger partial charge is 0.494 e. The van der Waals surface area contributed by atoms with E-state index in [9.17, 15) is 19.2 Å². The Morgan fingerprint density at radius 3 is 2.39 bits per heavy atom. The molecule has 2 rings (SSSR count). The molecule has 28 heavy (non-hydrogen) atoms. The zero-order valence-corrected chi connectivity index (χ0v) is 15.3. The number of rotatable bonds is 10. The van der Waals surface area contributed by atoms with Gasteiger partial charge < -0.3 is 19.5 Å². The minimum atomic E-state index is -0.782. The first-order valence-corrected chi connectivity index (χ1v) is 8.55. The fourth-order valence-electron chi connectivity index (χ4n) is 2.11. The van der Waals surface area contributed by atoms with E-state index < -0.39 is 36.3 Å². The Hall–Kier alpha value is -3.56. The van der Waals surface area contributed by atoms with Gasteiger partial charge in [-0.05, 0) is 31.2 Å². The molecule has 0 aliphatic carbocycles. The van der Waals surface area contributed by atoms with E-state index in [0.29, 0.717) is 12.4 Å². The van der Waals surface area contributed by atoms with E-state index in [1.807, 2.05) is 11.9 Å². The molecule has 2 N–H and O–H groups in total. The number of hydrogen-bond acceptors (Lipinski definition) is 7. The van der Waals surface area contributed by atoms with E-state index in [1.54, 1.807) is 24.3 Å². The highest BCUT2D eigenvalue weighted by atomic mass is 16.5. The molecule has 1 heterocycles. The molecule has 150 valence electrons. The molecule has 0 atom stereocenters. The molecule has 1 amide bonds. The first-order chi connectivity index (χ1) is 13.5. The first-order valence-electron chi connectivity index (χ1n) is 8.55. The van der Waals surface area contributed by atoms with E-state index in [4.69, 9.17) is 14.2 Å². The molecule has 10 nitrogen and oxygen atoms in total. The van der Waals surface area contributed by atoms with Gasteiger partial charge in [0.05, 0.1) is 13.2 Å². The van der Waals surface area contributed by atoms with Gasteiger partial charge in [-0.15, -0.1) is 0 Å². The summed E-state index contributed by atoms with van der Waals surface area (Å²) in [5.41, 5.74) is -1.30. The molecule has 0 radical (unpaired) electrons. The highest BCUT2D eigenvalue weighted by Crippen LogP contribution is 2.17. The lowest BCUT2D eigenvalue weighted by Gasteiger charge is -2.09. The Morgan fingerprint density at radius 2 is 1.75 bits per heavy atom. The van der Waals surface area contributed by atoms with Crippen molar-refractivity contribution >= 4 is 11.9 Å². The van der Waals surface area contributed by atoms with Crippen molar-refractivity contribution < 1.29 is 23.8 Å². The lowest BCUT2D eigenvalue weighted by atomic mass is 10.3. The molecular formula is C18H21N3O7. The standard InChI is InChI=1S/C18H21N3O7/c1-2-26-13-3-5-14(6-4-13)27-10-8-19-16(23)12-28-17(24)11-21-9-7-15(22)20-18(21)25/h3-7,9H,2,8,10-12H2,1H3,(H,19,23)(H,20,22,25). The van der Waals surface area contributed by atoms with Gasteiger partial charge in [-0.1, -0.05) is 0 Å². The third-order valence-electron chi connectivity index (χ3n) is 3.39. The summed E-state index contributed by atoms with van der Waals surface area (Å²) >= 11 is 0. The average Bonchev–Trinajstić information content (AvgIpc) is 2.67. The summed E-state index contributed by atoms with van der Waals surface area (Å²) in [4.78, 5) is 47.7. The second-order valence-electron chi connectivity index (χ2n) is 5.50. The maximum absolute atomic E-state index is 11.7. The molecule has 0 fully saturated rings. The average molecular weight is 391 g/mol. The molecule has 0 aliphatic rings. The lowest BCUT2D eigenvalue weighted by molar-refractivity contribution is -0.149. The molecule has 0 unspecified atom stereocenters. The van der Waals surface area contributed by atoms with Crippen molar-refractivity contribution in [3.8, 4) is 11.5 Å². The van der Waals surface area contributed by atoms with Crippen molar-refractivity contribution in [2.45, 2.75) is 13.5 Å². The van der Waals surface area contributed by atoms with Crippen LogP contribution in [0, 0.1) is 0 Å². The molecule has 2 aromatic rings. The highest BCUT2D eigenvalue weighted by molar-refractivity contribution is 5.80. The molecule has 0 saturated carbocycles. The number of aromatic nitrogens is 2. The van der Waals surface area contributed by atoms with Gasteiger partial charge in [0.15, 0.2) is 6.61 Å². The van der Waals surface area contributed by atoms with Crippen LogP contribution in [-0.2, 0) is 20.9 Å². The number of aromatic amines is 1. The number of H-pyrrole nitrogens is 1. The van der Waals surface area contributed by atoms with Crippen LogP contribution in [0.2, 0.25) is 0 Å². The van der Waals surface area contributed by atoms with Crippen molar-refractivity contribution in [1.82, 2.24) is 14.9 Å². The smallest absolute Gasteiger partial charge is 0.328 e. The van der Waals surface area contributed by atoms with Crippen LogP contribution in [0.3, 0.4) is 0 Å². The Morgan fingerprint density at radius 1 is 1.07 bits per heavy atom. The number of amides is 1. The van der Waals surface area contributed by atoms with Crippen LogP contribution >= 0.6 is 0 Å². The summed E-state index contributed by atoms with van der Waals surface area (Å²) < 4.78 is 16.5. The van der Waals surface area contributed by atoms with Gasteiger partial charge in [-0.3, -0.25) is 23.9 Å². The minimum absolute atomic E-state index is 0.225. The van der Waals surface area contributed by atoms with Crippen LogP contribution in [0.1, 0.15) is 6.92 Å². The number of nitrogens with one attached hydrogen (secondary N) is 2. The van der Waals surface area contributed by atoms with E-state index in [2.05, 4.69) is 5.32 Å². The van der Waals surface area contributed by atoms with Gasteiger partial charge >= 0.3 is 11.7 Å². The van der Waals surface area contributed by atoms with Gasteiger partial charge in [-0.2, -0.15) is 0 Å². The fourth-order valence-corrected chi connectivity index (χ4v) is 2.11. The Balaban J connectivity index is 1.63. The zero-order valence-electron chi connectivity index (χ0n) is 15.3.